The number of para-hydroxylation sites is 1. The number of rotatable bonds is 7. The summed E-state index contributed by atoms with van der Waals surface area (Å²) in [5.74, 6) is -0.176. The fraction of sp³-hybridized carbons (Fsp3) is 0.381. The zero-order valence-electron chi connectivity index (χ0n) is 15.0. The van der Waals surface area contributed by atoms with E-state index in [1.807, 2.05) is 12.1 Å². The van der Waals surface area contributed by atoms with Gasteiger partial charge in [-0.15, -0.1) is 0 Å². The molecule has 0 saturated carbocycles. The molecule has 5 heteroatoms. The quantitative estimate of drug-likeness (QED) is 0.829. The van der Waals surface area contributed by atoms with E-state index in [1.54, 1.807) is 12.1 Å². The van der Waals surface area contributed by atoms with Crippen molar-refractivity contribution in [3.05, 3.63) is 66.0 Å². The Balaban J connectivity index is 1.32. The molecule has 1 aliphatic rings. The Morgan fingerprint density at radius 1 is 0.962 bits per heavy atom. The van der Waals surface area contributed by atoms with Gasteiger partial charge in [0.2, 0.25) is 5.91 Å². The molecule has 1 saturated heterocycles. The van der Waals surface area contributed by atoms with Crippen molar-refractivity contribution in [1.29, 1.82) is 0 Å². The molecular formula is C21H26FN3O. The van der Waals surface area contributed by atoms with Crippen LogP contribution in [-0.4, -0.2) is 50.1 Å². The largest absolute Gasteiger partial charge is 0.369 e. The van der Waals surface area contributed by atoms with Gasteiger partial charge in [-0.2, -0.15) is 0 Å². The second-order valence-corrected chi connectivity index (χ2v) is 6.61. The van der Waals surface area contributed by atoms with Crippen molar-refractivity contribution in [3.8, 4) is 0 Å². The molecule has 0 unspecified atom stereocenters. The first-order valence-corrected chi connectivity index (χ1v) is 9.25. The number of anilines is 1. The lowest BCUT2D eigenvalue weighted by atomic mass is 10.1. The summed E-state index contributed by atoms with van der Waals surface area (Å²) in [5, 5.41) is 2.89. The monoisotopic (exact) mass is 355 g/mol. The molecule has 138 valence electrons. The Morgan fingerprint density at radius 3 is 2.38 bits per heavy atom. The van der Waals surface area contributed by atoms with Crippen molar-refractivity contribution in [2.45, 2.75) is 12.8 Å². The number of amides is 1. The van der Waals surface area contributed by atoms with Crippen LogP contribution in [0.4, 0.5) is 10.1 Å². The van der Waals surface area contributed by atoms with Gasteiger partial charge < -0.3 is 10.2 Å². The molecule has 2 aromatic carbocycles. The summed E-state index contributed by atoms with van der Waals surface area (Å²) in [4.78, 5) is 16.7. The number of carbonyl (C=O) groups excluding carboxylic acids is 1. The summed E-state index contributed by atoms with van der Waals surface area (Å²) < 4.78 is 13.5. The smallest absolute Gasteiger partial charge is 0.221 e. The van der Waals surface area contributed by atoms with Gasteiger partial charge in [0.15, 0.2) is 0 Å². The average Bonchev–Trinajstić information content (AvgIpc) is 2.69. The maximum atomic E-state index is 13.5. The summed E-state index contributed by atoms with van der Waals surface area (Å²) in [5.41, 5.74) is 1.91. The number of nitrogens with one attached hydrogen (secondary N) is 1. The Morgan fingerprint density at radius 2 is 1.65 bits per heavy atom. The van der Waals surface area contributed by atoms with Crippen molar-refractivity contribution in [2.24, 2.45) is 0 Å². The Labute approximate surface area is 154 Å². The number of carbonyl (C=O) groups is 1. The second-order valence-electron chi connectivity index (χ2n) is 6.61. The zero-order valence-corrected chi connectivity index (χ0v) is 15.0. The van der Waals surface area contributed by atoms with Gasteiger partial charge in [0.25, 0.3) is 0 Å². The maximum absolute atomic E-state index is 13.5. The van der Waals surface area contributed by atoms with Crippen molar-refractivity contribution < 1.29 is 9.18 Å². The summed E-state index contributed by atoms with van der Waals surface area (Å²) in [6, 6.07) is 17.1. The SMILES string of the molecule is O=C(CCN1CCN(c2ccccc2)CC1)NCCc1ccccc1F. The third-order valence-electron chi connectivity index (χ3n) is 4.82. The number of hydrogen-bond acceptors (Lipinski definition) is 3. The second kappa shape index (κ2) is 9.34. The first-order valence-electron chi connectivity index (χ1n) is 9.25. The van der Waals surface area contributed by atoms with Gasteiger partial charge in [0.05, 0.1) is 0 Å². The van der Waals surface area contributed by atoms with E-state index in [2.05, 4.69) is 39.4 Å². The number of hydrogen-bond donors (Lipinski definition) is 1. The molecule has 2 aromatic rings. The van der Waals surface area contributed by atoms with Crippen LogP contribution >= 0.6 is 0 Å². The fourth-order valence-electron chi connectivity index (χ4n) is 3.25. The number of nitrogens with zero attached hydrogens (tertiary/aromatic N) is 2. The minimum absolute atomic E-state index is 0.0341. The van der Waals surface area contributed by atoms with Crippen LogP contribution in [0.5, 0.6) is 0 Å². The van der Waals surface area contributed by atoms with Crippen molar-refractivity contribution in [3.63, 3.8) is 0 Å². The molecule has 1 amide bonds. The van der Waals surface area contributed by atoms with E-state index in [0.29, 0.717) is 24.9 Å². The Kier molecular flexibility index (Phi) is 6.61. The van der Waals surface area contributed by atoms with Gasteiger partial charge in [-0.3, -0.25) is 9.69 Å². The van der Waals surface area contributed by atoms with E-state index in [-0.39, 0.29) is 11.7 Å². The zero-order chi connectivity index (χ0) is 18.2. The van der Waals surface area contributed by atoms with Crippen LogP contribution in [0.3, 0.4) is 0 Å². The highest BCUT2D eigenvalue weighted by Gasteiger charge is 2.17. The molecule has 1 heterocycles. The van der Waals surface area contributed by atoms with E-state index in [0.717, 1.165) is 32.7 Å². The van der Waals surface area contributed by atoms with Gasteiger partial charge in [-0.25, -0.2) is 4.39 Å². The Bertz CT molecular complexity index is 699. The highest BCUT2D eigenvalue weighted by atomic mass is 19.1. The normalized spacial score (nSPS) is 15.0. The molecule has 3 rings (SSSR count). The average molecular weight is 355 g/mol. The van der Waals surface area contributed by atoms with Gasteiger partial charge in [-0.05, 0) is 30.2 Å². The highest BCUT2D eigenvalue weighted by Crippen LogP contribution is 2.15. The third-order valence-corrected chi connectivity index (χ3v) is 4.82. The van der Waals surface area contributed by atoms with E-state index >= 15 is 0 Å². The minimum Gasteiger partial charge on any atom is -0.369 e. The van der Waals surface area contributed by atoms with E-state index < -0.39 is 0 Å². The van der Waals surface area contributed by atoms with Crippen LogP contribution in [0, 0.1) is 5.82 Å². The first-order chi connectivity index (χ1) is 12.7. The number of benzene rings is 2. The van der Waals surface area contributed by atoms with Crippen LogP contribution in [0.2, 0.25) is 0 Å². The summed E-state index contributed by atoms with van der Waals surface area (Å²) in [7, 11) is 0. The first kappa shape index (κ1) is 18.4. The fourth-order valence-corrected chi connectivity index (χ4v) is 3.25. The Hall–Kier alpha value is -2.40. The standard InChI is InChI=1S/C21H26FN3O/c22-20-9-5-4-6-18(20)10-12-23-21(26)11-13-24-14-16-25(17-15-24)19-7-2-1-3-8-19/h1-9H,10-17H2,(H,23,26). The van der Waals surface area contributed by atoms with Crippen LogP contribution in [0.15, 0.2) is 54.6 Å². The van der Waals surface area contributed by atoms with Gasteiger partial charge in [0, 0.05) is 51.4 Å². The lowest BCUT2D eigenvalue weighted by Gasteiger charge is -2.36. The van der Waals surface area contributed by atoms with Crippen molar-refractivity contribution >= 4 is 11.6 Å². The molecule has 0 atom stereocenters. The van der Waals surface area contributed by atoms with E-state index in [9.17, 15) is 9.18 Å². The van der Waals surface area contributed by atoms with E-state index in [4.69, 9.17) is 0 Å². The highest BCUT2D eigenvalue weighted by molar-refractivity contribution is 5.76. The van der Waals surface area contributed by atoms with Crippen LogP contribution in [0.25, 0.3) is 0 Å². The van der Waals surface area contributed by atoms with Crippen LogP contribution < -0.4 is 10.2 Å². The molecule has 26 heavy (non-hydrogen) atoms. The van der Waals surface area contributed by atoms with Crippen LogP contribution in [-0.2, 0) is 11.2 Å². The third kappa shape index (κ3) is 5.30. The van der Waals surface area contributed by atoms with Gasteiger partial charge in [0.1, 0.15) is 5.82 Å². The predicted octanol–water partition coefficient (Wildman–Crippen LogP) is 2.70. The maximum Gasteiger partial charge on any atom is 0.221 e. The van der Waals surface area contributed by atoms with Crippen molar-refractivity contribution in [1.82, 2.24) is 10.2 Å². The molecular weight excluding hydrogens is 329 g/mol. The molecule has 1 N–H and O–H groups in total. The minimum atomic E-state index is -0.210. The molecule has 0 bridgehead atoms. The summed E-state index contributed by atoms with van der Waals surface area (Å²) in [6.07, 6.45) is 1.01. The molecule has 0 spiro atoms. The summed E-state index contributed by atoms with van der Waals surface area (Å²) in [6.45, 7) is 5.16. The lowest BCUT2D eigenvalue weighted by Crippen LogP contribution is -2.47. The number of piperazine rings is 1. The molecule has 4 nitrogen and oxygen atoms in total. The van der Waals surface area contributed by atoms with Gasteiger partial charge >= 0.3 is 0 Å². The molecule has 1 fully saturated rings. The van der Waals surface area contributed by atoms with E-state index in [1.165, 1.54) is 11.8 Å². The number of halogens is 1. The molecule has 0 aliphatic carbocycles. The molecule has 0 aromatic heterocycles. The summed E-state index contributed by atoms with van der Waals surface area (Å²) >= 11 is 0. The topological polar surface area (TPSA) is 35.6 Å². The predicted molar refractivity (Wildman–Crippen MR) is 103 cm³/mol. The molecule has 0 radical (unpaired) electrons. The molecule has 1 aliphatic heterocycles. The lowest BCUT2D eigenvalue weighted by molar-refractivity contribution is -0.121. The van der Waals surface area contributed by atoms with Crippen LogP contribution in [0.1, 0.15) is 12.0 Å². The van der Waals surface area contributed by atoms with Crippen molar-refractivity contribution in [2.75, 3.05) is 44.2 Å². The van der Waals surface area contributed by atoms with Gasteiger partial charge in [-0.1, -0.05) is 36.4 Å².